The van der Waals surface area contributed by atoms with E-state index in [1.54, 1.807) is 14.0 Å². The van der Waals surface area contributed by atoms with Crippen LogP contribution in [0.15, 0.2) is 23.0 Å². The zero-order valence-corrected chi connectivity index (χ0v) is 9.51. The van der Waals surface area contributed by atoms with Crippen LogP contribution in [0.2, 0.25) is 0 Å². The van der Waals surface area contributed by atoms with E-state index in [9.17, 15) is 4.79 Å². The van der Waals surface area contributed by atoms with Crippen LogP contribution >= 0.6 is 0 Å². The van der Waals surface area contributed by atoms with Gasteiger partial charge in [0.2, 0.25) is 0 Å². The molecule has 0 aromatic rings. The highest BCUT2D eigenvalue weighted by Crippen LogP contribution is 2.13. The van der Waals surface area contributed by atoms with Crippen molar-refractivity contribution >= 4 is 5.97 Å². The second-order valence-corrected chi connectivity index (χ2v) is 3.22. The first-order chi connectivity index (χ1) is 6.52. The molecule has 0 rings (SSSR count). The monoisotopic (exact) mass is 198 g/mol. The van der Waals surface area contributed by atoms with Gasteiger partial charge < -0.3 is 9.47 Å². The van der Waals surface area contributed by atoms with Crippen molar-refractivity contribution in [3.63, 3.8) is 0 Å². The largest absolute Gasteiger partial charge is 0.501 e. The molecule has 80 valence electrons. The second kappa shape index (κ2) is 6.24. The maximum atomic E-state index is 11.3. The summed E-state index contributed by atoms with van der Waals surface area (Å²) in [5.74, 6) is 0.274. The minimum absolute atomic E-state index is 0.332. The molecule has 3 heteroatoms. The Morgan fingerprint density at radius 1 is 1.14 bits per heavy atom. The van der Waals surface area contributed by atoms with Crippen molar-refractivity contribution in [2.24, 2.45) is 0 Å². The molecule has 0 N–H and O–H groups in total. The third-order valence-corrected chi connectivity index (χ3v) is 1.88. The van der Waals surface area contributed by atoms with Gasteiger partial charge in [-0.25, -0.2) is 4.79 Å². The Labute approximate surface area is 85.4 Å². The molecular weight excluding hydrogens is 180 g/mol. The van der Waals surface area contributed by atoms with E-state index in [0.29, 0.717) is 17.8 Å². The minimum Gasteiger partial charge on any atom is -0.501 e. The summed E-state index contributed by atoms with van der Waals surface area (Å²) < 4.78 is 9.68. The SMILES string of the molecule is COC(=O)/C(CC=C(C)C)=C(/C)OC. The second-order valence-electron chi connectivity index (χ2n) is 3.22. The Kier molecular flexibility index (Phi) is 5.68. The fraction of sp³-hybridized carbons (Fsp3) is 0.545. The molecule has 0 fully saturated rings. The van der Waals surface area contributed by atoms with Crippen molar-refractivity contribution in [1.82, 2.24) is 0 Å². The predicted molar refractivity (Wildman–Crippen MR) is 55.8 cm³/mol. The number of carbonyl (C=O) groups is 1. The summed E-state index contributed by atoms with van der Waals surface area (Å²) in [6, 6.07) is 0. The molecular formula is C11H18O3. The maximum Gasteiger partial charge on any atom is 0.337 e. The molecule has 0 heterocycles. The Balaban J connectivity index is 4.75. The van der Waals surface area contributed by atoms with Crippen molar-refractivity contribution in [3.8, 4) is 0 Å². The average Bonchev–Trinajstić information content (AvgIpc) is 2.16. The summed E-state index contributed by atoms with van der Waals surface area (Å²) in [5.41, 5.74) is 1.73. The smallest absolute Gasteiger partial charge is 0.337 e. The third kappa shape index (κ3) is 4.12. The van der Waals surface area contributed by atoms with Crippen LogP contribution in [0.1, 0.15) is 27.2 Å². The number of allylic oxidation sites excluding steroid dienone is 3. The number of esters is 1. The number of carbonyl (C=O) groups excluding carboxylic acids is 1. The van der Waals surface area contributed by atoms with Gasteiger partial charge in [0.15, 0.2) is 0 Å². The van der Waals surface area contributed by atoms with Crippen molar-refractivity contribution in [1.29, 1.82) is 0 Å². The van der Waals surface area contributed by atoms with Crippen molar-refractivity contribution in [2.75, 3.05) is 14.2 Å². The molecule has 3 nitrogen and oxygen atoms in total. The Bertz CT molecular complexity index is 258. The van der Waals surface area contributed by atoms with Crippen LogP contribution in [0.3, 0.4) is 0 Å². The number of rotatable bonds is 4. The summed E-state index contributed by atoms with van der Waals surface area (Å²) in [6.07, 6.45) is 2.52. The van der Waals surface area contributed by atoms with Gasteiger partial charge in [0.1, 0.15) is 5.76 Å². The summed E-state index contributed by atoms with van der Waals surface area (Å²) in [6.45, 7) is 5.72. The van der Waals surface area contributed by atoms with E-state index in [0.717, 1.165) is 5.57 Å². The van der Waals surface area contributed by atoms with Gasteiger partial charge in [-0.05, 0) is 20.8 Å². The minimum atomic E-state index is -0.332. The number of hydrogen-bond donors (Lipinski definition) is 0. The lowest BCUT2D eigenvalue weighted by atomic mass is 10.1. The van der Waals surface area contributed by atoms with E-state index in [4.69, 9.17) is 4.74 Å². The lowest BCUT2D eigenvalue weighted by Crippen LogP contribution is -2.07. The molecule has 0 aliphatic heterocycles. The van der Waals surface area contributed by atoms with E-state index < -0.39 is 0 Å². The normalized spacial score (nSPS) is 11.5. The van der Waals surface area contributed by atoms with Crippen LogP contribution in [-0.4, -0.2) is 20.2 Å². The quantitative estimate of drug-likeness (QED) is 0.301. The summed E-state index contributed by atoms with van der Waals surface area (Å²) >= 11 is 0. The third-order valence-electron chi connectivity index (χ3n) is 1.88. The zero-order chi connectivity index (χ0) is 11.1. The van der Waals surface area contributed by atoms with Crippen LogP contribution < -0.4 is 0 Å². The summed E-state index contributed by atoms with van der Waals surface area (Å²) in [7, 11) is 2.91. The average molecular weight is 198 g/mol. The lowest BCUT2D eigenvalue weighted by molar-refractivity contribution is -0.136. The molecule has 0 atom stereocenters. The van der Waals surface area contributed by atoms with Gasteiger partial charge in [0.05, 0.1) is 19.8 Å². The Morgan fingerprint density at radius 3 is 2.07 bits per heavy atom. The number of hydrogen-bond acceptors (Lipinski definition) is 3. The highest BCUT2D eigenvalue weighted by Gasteiger charge is 2.12. The number of ether oxygens (including phenoxy) is 2. The van der Waals surface area contributed by atoms with Gasteiger partial charge in [-0.1, -0.05) is 11.6 Å². The van der Waals surface area contributed by atoms with Crippen LogP contribution in [0.25, 0.3) is 0 Å². The molecule has 0 saturated carbocycles. The van der Waals surface area contributed by atoms with E-state index >= 15 is 0 Å². The van der Waals surface area contributed by atoms with Gasteiger partial charge in [-0.15, -0.1) is 0 Å². The van der Waals surface area contributed by atoms with Gasteiger partial charge in [0, 0.05) is 6.42 Å². The Morgan fingerprint density at radius 2 is 1.71 bits per heavy atom. The number of methoxy groups -OCH3 is 2. The van der Waals surface area contributed by atoms with Crippen LogP contribution in [0, 0.1) is 0 Å². The first-order valence-electron chi connectivity index (χ1n) is 4.48. The van der Waals surface area contributed by atoms with Gasteiger partial charge in [-0.3, -0.25) is 0 Å². The highest BCUT2D eigenvalue weighted by molar-refractivity contribution is 5.89. The first kappa shape index (κ1) is 12.8. The lowest BCUT2D eigenvalue weighted by Gasteiger charge is -2.07. The predicted octanol–water partition coefficient (Wildman–Crippen LogP) is 2.44. The summed E-state index contributed by atoms with van der Waals surface area (Å²) in [5, 5.41) is 0. The van der Waals surface area contributed by atoms with Crippen LogP contribution in [-0.2, 0) is 14.3 Å². The van der Waals surface area contributed by atoms with E-state index in [1.807, 2.05) is 19.9 Å². The topological polar surface area (TPSA) is 35.5 Å². The molecule has 0 spiro atoms. The first-order valence-corrected chi connectivity index (χ1v) is 4.48. The molecule has 0 unspecified atom stereocenters. The van der Waals surface area contributed by atoms with Crippen LogP contribution in [0.4, 0.5) is 0 Å². The van der Waals surface area contributed by atoms with Gasteiger partial charge >= 0.3 is 5.97 Å². The van der Waals surface area contributed by atoms with Crippen molar-refractivity contribution in [3.05, 3.63) is 23.0 Å². The molecule has 0 aliphatic rings. The molecule has 0 saturated heterocycles. The van der Waals surface area contributed by atoms with Gasteiger partial charge in [0.25, 0.3) is 0 Å². The van der Waals surface area contributed by atoms with Gasteiger partial charge in [-0.2, -0.15) is 0 Å². The fourth-order valence-corrected chi connectivity index (χ4v) is 0.923. The zero-order valence-electron chi connectivity index (χ0n) is 9.51. The van der Waals surface area contributed by atoms with E-state index in [2.05, 4.69) is 4.74 Å². The van der Waals surface area contributed by atoms with E-state index in [-0.39, 0.29) is 5.97 Å². The Hall–Kier alpha value is -1.25. The molecule has 0 aliphatic carbocycles. The highest BCUT2D eigenvalue weighted by atomic mass is 16.5. The standard InChI is InChI=1S/C11H18O3/c1-8(2)6-7-10(9(3)13-4)11(12)14-5/h6H,7H2,1-5H3/b10-9-. The molecule has 0 aromatic heterocycles. The van der Waals surface area contributed by atoms with Crippen molar-refractivity contribution in [2.45, 2.75) is 27.2 Å². The van der Waals surface area contributed by atoms with E-state index in [1.165, 1.54) is 7.11 Å². The summed E-state index contributed by atoms with van der Waals surface area (Å²) in [4.78, 5) is 11.3. The maximum absolute atomic E-state index is 11.3. The van der Waals surface area contributed by atoms with Crippen LogP contribution in [0.5, 0.6) is 0 Å². The van der Waals surface area contributed by atoms with Crippen molar-refractivity contribution < 1.29 is 14.3 Å². The molecule has 14 heavy (non-hydrogen) atoms. The fourth-order valence-electron chi connectivity index (χ4n) is 0.923. The molecule has 0 amide bonds. The molecule has 0 aromatic carbocycles. The molecule has 0 bridgehead atoms. The molecule has 0 radical (unpaired) electrons.